The molecular weight excluding hydrogens is 400 g/mol. The van der Waals surface area contributed by atoms with E-state index in [2.05, 4.69) is 21.8 Å². The van der Waals surface area contributed by atoms with Gasteiger partial charge in [0.25, 0.3) is 0 Å². The van der Waals surface area contributed by atoms with Crippen molar-refractivity contribution < 1.29 is 27.2 Å². The second kappa shape index (κ2) is 7.43. The lowest BCUT2D eigenvalue weighted by Gasteiger charge is -2.13. The Hall–Kier alpha value is -3.21. The van der Waals surface area contributed by atoms with Gasteiger partial charge in [0, 0.05) is 0 Å². The van der Waals surface area contributed by atoms with Crippen LogP contribution in [0.2, 0.25) is 0 Å². The Morgan fingerprint density at radius 2 is 2.07 bits per heavy atom. The van der Waals surface area contributed by atoms with Crippen LogP contribution in [0.1, 0.15) is 12.6 Å². The van der Waals surface area contributed by atoms with Gasteiger partial charge >= 0.3 is 6.18 Å². The van der Waals surface area contributed by atoms with Crippen LogP contribution in [0.5, 0.6) is 5.88 Å². The van der Waals surface area contributed by atoms with Crippen LogP contribution in [0.25, 0.3) is 27.6 Å². The third kappa shape index (κ3) is 3.60. The Morgan fingerprint density at radius 3 is 2.64 bits per heavy atom. The zero-order valence-corrected chi connectivity index (χ0v) is 15.1. The quantitative estimate of drug-likeness (QED) is 0.455. The lowest BCUT2D eigenvalue weighted by Crippen LogP contribution is -2.15. The van der Waals surface area contributed by atoms with Crippen LogP contribution in [0.4, 0.5) is 17.6 Å². The predicted octanol–water partition coefficient (Wildman–Crippen LogP) is 5.29. The Balaban J connectivity index is 2.21. The molecule has 0 spiro atoms. The molecule has 0 saturated carbocycles. The van der Waals surface area contributed by atoms with Crippen molar-refractivity contribution in [2.24, 2.45) is 0 Å². The van der Waals surface area contributed by atoms with Crippen molar-refractivity contribution in [3.8, 4) is 27.8 Å². The van der Waals surface area contributed by atoms with Gasteiger partial charge in [-0.15, -0.1) is 11.3 Å². The highest BCUT2D eigenvalue weighted by Crippen LogP contribution is 2.42. The monoisotopic (exact) mass is 412 g/mol. The lowest BCUT2D eigenvalue weighted by atomic mass is 10.1. The molecule has 0 aliphatic rings. The van der Waals surface area contributed by atoms with Crippen molar-refractivity contribution in [3.63, 3.8) is 0 Å². The number of rotatable bonds is 5. The fourth-order valence-corrected chi connectivity index (χ4v) is 3.11. The summed E-state index contributed by atoms with van der Waals surface area (Å²) in [6.45, 7) is 4.68. The molecule has 3 aromatic heterocycles. The lowest BCUT2D eigenvalue weighted by molar-refractivity contribution is -0.142. The molecule has 6 nitrogen and oxygen atoms in total. The highest BCUT2D eigenvalue weighted by molar-refractivity contribution is 7.13. The SMILES string of the molecule is C=C/C(F)=C\C(=C/C)n1ncc(-c2oncc2-c2nc(O)cs2)c1C(F)(F)F. The zero-order valence-electron chi connectivity index (χ0n) is 14.2. The summed E-state index contributed by atoms with van der Waals surface area (Å²) in [5, 5.41) is 18.3. The summed E-state index contributed by atoms with van der Waals surface area (Å²) < 4.78 is 60.7. The molecule has 3 aromatic rings. The van der Waals surface area contributed by atoms with E-state index in [1.807, 2.05) is 0 Å². The fourth-order valence-electron chi connectivity index (χ4n) is 2.43. The molecule has 0 bridgehead atoms. The second-order valence-corrected chi connectivity index (χ2v) is 6.20. The second-order valence-electron chi connectivity index (χ2n) is 5.34. The van der Waals surface area contributed by atoms with Crippen LogP contribution in [-0.2, 0) is 6.18 Å². The first kappa shape index (κ1) is 19.5. The number of aromatic hydroxyl groups is 1. The first-order chi connectivity index (χ1) is 13.3. The van der Waals surface area contributed by atoms with E-state index in [-0.39, 0.29) is 27.9 Å². The molecule has 146 valence electrons. The number of nitrogens with zero attached hydrogens (tertiary/aromatic N) is 4. The van der Waals surface area contributed by atoms with Crippen molar-refractivity contribution in [1.29, 1.82) is 0 Å². The van der Waals surface area contributed by atoms with Gasteiger partial charge in [-0.05, 0) is 19.1 Å². The van der Waals surface area contributed by atoms with E-state index < -0.39 is 23.3 Å². The summed E-state index contributed by atoms with van der Waals surface area (Å²) >= 11 is 1.01. The van der Waals surface area contributed by atoms with Crippen molar-refractivity contribution >= 4 is 17.0 Å². The van der Waals surface area contributed by atoms with Gasteiger partial charge in [-0.25, -0.2) is 14.1 Å². The van der Waals surface area contributed by atoms with Crippen LogP contribution in [-0.4, -0.2) is 25.0 Å². The van der Waals surface area contributed by atoms with Gasteiger partial charge in [0.1, 0.15) is 10.8 Å². The first-order valence-electron chi connectivity index (χ1n) is 7.67. The Bertz CT molecular complexity index is 1080. The molecule has 0 aliphatic heterocycles. The predicted molar refractivity (Wildman–Crippen MR) is 94.8 cm³/mol. The average Bonchev–Trinajstić information content (AvgIpc) is 3.36. The highest BCUT2D eigenvalue weighted by atomic mass is 32.1. The molecule has 28 heavy (non-hydrogen) atoms. The molecule has 0 amide bonds. The maximum Gasteiger partial charge on any atom is 0.434 e. The summed E-state index contributed by atoms with van der Waals surface area (Å²) in [5.74, 6) is -1.33. The molecule has 0 atom stereocenters. The molecule has 1 N–H and O–H groups in total. The summed E-state index contributed by atoms with van der Waals surface area (Å²) in [4.78, 5) is 3.82. The van der Waals surface area contributed by atoms with Crippen LogP contribution in [0.3, 0.4) is 0 Å². The summed E-state index contributed by atoms with van der Waals surface area (Å²) in [7, 11) is 0. The van der Waals surface area contributed by atoms with Crippen molar-refractivity contribution in [2.45, 2.75) is 13.1 Å². The molecule has 0 aromatic carbocycles. The number of alkyl halides is 3. The number of hydrogen-bond donors (Lipinski definition) is 1. The van der Waals surface area contributed by atoms with E-state index in [0.29, 0.717) is 4.68 Å². The van der Waals surface area contributed by atoms with Gasteiger partial charge in [0.2, 0.25) is 5.88 Å². The van der Waals surface area contributed by atoms with E-state index in [1.165, 1.54) is 24.6 Å². The number of thiazole rings is 1. The first-order valence-corrected chi connectivity index (χ1v) is 8.55. The van der Waals surface area contributed by atoms with Crippen molar-refractivity contribution in [1.82, 2.24) is 19.9 Å². The molecule has 0 aliphatic carbocycles. The van der Waals surface area contributed by atoms with Crippen LogP contribution >= 0.6 is 11.3 Å². The molecule has 0 radical (unpaired) electrons. The topological polar surface area (TPSA) is 77.0 Å². The zero-order chi connectivity index (χ0) is 20.5. The number of halogens is 4. The van der Waals surface area contributed by atoms with Crippen LogP contribution < -0.4 is 0 Å². The minimum Gasteiger partial charge on any atom is -0.493 e. The maximum absolute atomic E-state index is 13.9. The van der Waals surface area contributed by atoms with E-state index in [9.17, 15) is 22.7 Å². The average molecular weight is 412 g/mol. The third-order valence-corrected chi connectivity index (χ3v) is 4.46. The molecular formula is C17H12F4N4O2S. The molecule has 0 saturated heterocycles. The summed E-state index contributed by atoms with van der Waals surface area (Å²) in [6, 6.07) is 0. The van der Waals surface area contributed by atoms with E-state index in [0.717, 1.165) is 29.7 Å². The third-order valence-electron chi connectivity index (χ3n) is 3.60. The van der Waals surface area contributed by atoms with E-state index in [1.54, 1.807) is 0 Å². The van der Waals surface area contributed by atoms with Gasteiger partial charge in [-0.2, -0.15) is 18.3 Å². The van der Waals surface area contributed by atoms with Crippen LogP contribution in [0.15, 0.2) is 52.9 Å². The maximum atomic E-state index is 13.9. The largest absolute Gasteiger partial charge is 0.493 e. The smallest absolute Gasteiger partial charge is 0.434 e. The van der Waals surface area contributed by atoms with E-state index >= 15 is 0 Å². The van der Waals surface area contributed by atoms with Gasteiger partial charge < -0.3 is 9.63 Å². The highest BCUT2D eigenvalue weighted by Gasteiger charge is 2.41. The van der Waals surface area contributed by atoms with Gasteiger partial charge in [0.05, 0.1) is 34.6 Å². The number of allylic oxidation sites excluding steroid dienone is 5. The Labute approximate surface area is 159 Å². The molecule has 11 heteroatoms. The normalized spacial score (nSPS) is 13.2. The molecule has 3 heterocycles. The van der Waals surface area contributed by atoms with Crippen molar-refractivity contribution in [2.75, 3.05) is 0 Å². The fraction of sp³-hybridized carbons (Fsp3) is 0.118. The minimum atomic E-state index is -4.84. The molecule has 3 rings (SSSR count). The van der Waals surface area contributed by atoms with Gasteiger partial charge in [-0.1, -0.05) is 17.8 Å². The molecule has 0 fully saturated rings. The summed E-state index contributed by atoms with van der Waals surface area (Å²) in [6.07, 6.45) is 0.315. The number of aromatic nitrogens is 4. The summed E-state index contributed by atoms with van der Waals surface area (Å²) in [5.41, 5.74) is -1.57. The standard InChI is InChI=1S/C17H12F4N4O2S/c1-3-9(18)5-10(4-2)25-15(17(19,20)21)11(6-22-25)14-12(7-23-27-14)16-24-13(26)8-28-16/h3-8,26H,1H2,2H3/b9-5+,10-4+. The van der Waals surface area contributed by atoms with Gasteiger partial charge in [0.15, 0.2) is 11.5 Å². The minimum absolute atomic E-state index is 0.149. The van der Waals surface area contributed by atoms with Crippen molar-refractivity contribution in [3.05, 3.63) is 54.1 Å². The molecule has 0 unspecified atom stereocenters. The van der Waals surface area contributed by atoms with Crippen LogP contribution in [0, 0.1) is 0 Å². The Morgan fingerprint density at radius 1 is 1.32 bits per heavy atom. The van der Waals surface area contributed by atoms with Gasteiger partial charge in [-0.3, -0.25) is 0 Å². The number of hydrogen-bond acceptors (Lipinski definition) is 6. The van der Waals surface area contributed by atoms with E-state index in [4.69, 9.17) is 4.52 Å². The Kier molecular flexibility index (Phi) is 5.18.